The Kier molecular flexibility index (Phi) is 6.98. The van der Waals surface area contributed by atoms with E-state index >= 15 is 0 Å². The molecule has 0 spiro atoms. The van der Waals surface area contributed by atoms with Crippen molar-refractivity contribution in [3.8, 4) is 0 Å². The quantitative estimate of drug-likeness (QED) is 0.445. The van der Waals surface area contributed by atoms with Crippen LogP contribution in [0.4, 0.5) is 18.9 Å². The summed E-state index contributed by atoms with van der Waals surface area (Å²) in [5.41, 5.74) is 12.0. The molecule has 1 heterocycles. The van der Waals surface area contributed by atoms with Crippen LogP contribution >= 0.6 is 0 Å². The highest BCUT2D eigenvalue weighted by Gasteiger charge is 2.39. The van der Waals surface area contributed by atoms with Gasteiger partial charge in [-0.1, -0.05) is 32.4 Å². The summed E-state index contributed by atoms with van der Waals surface area (Å²) in [6.45, 7) is 9.51. The van der Waals surface area contributed by atoms with E-state index in [9.17, 15) is 13.2 Å². The van der Waals surface area contributed by atoms with Gasteiger partial charge in [0.25, 0.3) is 0 Å². The first-order valence-electron chi connectivity index (χ1n) is 10.8. The number of aromatic nitrogens is 2. The molecule has 2 N–H and O–H groups in total. The fourth-order valence-electron chi connectivity index (χ4n) is 3.86. The predicted molar refractivity (Wildman–Crippen MR) is 124 cm³/mol. The normalized spacial score (nSPS) is 13.6. The Morgan fingerprint density at radius 2 is 1.84 bits per heavy atom. The number of fused-ring (bicyclic) bond motifs is 1. The van der Waals surface area contributed by atoms with Crippen molar-refractivity contribution in [3.05, 3.63) is 64.0 Å². The Bertz CT molecular complexity index is 1170. The van der Waals surface area contributed by atoms with Crippen molar-refractivity contribution >= 4 is 22.4 Å². The SMILES string of the molecule is CCCc1cc(C)c(N=C(C)c2cc(C)cc3nc(CC)cnc23)c(C(N)C(F)(F)F)c1. The van der Waals surface area contributed by atoms with Crippen molar-refractivity contribution in [1.29, 1.82) is 0 Å². The lowest BCUT2D eigenvalue weighted by molar-refractivity contribution is -0.149. The van der Waals surface area contributed by atoms with Gasteiger partial charge < -0.3 is 5.73 Å². The van der Waals surface area contributed by atoms with Crippen molar-refractivity contribution in [3.63, 3.8) is 0 Å². The summed E-state index contributed by atoms with van der Waals surface area (Å²) < 4.78 is 40.7. The summed E-state index contributed by atoms with van der Waals surface area (Å²) >= 11 is 0. The number of nitrogens with two attached hydrogens (primary N) is 1. The topological polar surface area (TPSA) is 64.2 Å². The maximum absolute atomic E-state index is 13.6. The molecule has 0 bridgehead atoms. The zero-order valence-corrected chi connectivity index (χ0v) is 19.1. The van der Waals surface area contributed by atoms with Gasteiger partial charge >= 0.3 is 6.18 Å². The Morgan fingerprint density at radius 1 is 1.12 bits per heavy atom. The van der Waals surface area contributed by atoms with Crippen molar-refractivity contribution in [2.75, 3.05) is 0 Å². The van der Waals surface area contributed by atoms with Crippen molar-refractivity contribution in [1.82, 2.24) is 9.97 Å². The van der Waals surface area contributed by atoms with E-state index in [1.54, 1.807) is 26.1 Å². The summed E-state index contributed by atoms with van der Waals surface area (Å²) in [5.74, 6) is 0. The first-order chi connectivity index (χ1) is 15.0. The molecule has 3 aromatic rings. The Hall–Kier alpha value is -2.80. The molecular formula is C25H29F3N4. The highest BCUT2D eigenvalue weighted by molar-refractivity contribution is 6.09. The minimum Gasteiger partial charge on any atom is -0.316 e. The summed E-state index contributed by atoms with van der Waals surface area (Å²) in [6.07, 6.45) is -0.562. The lowest BCUT2D eigenvalue weighted by atomic mass is 9.95. The second kappa shape index (κ2) is 9.36. The zero-order chi connectivity index (χ0) is 23.6. The number of benzene rings is 2. The van der Waals surface area contributed by atoms with Crippen molar-refractivity contribution in [2.45, 2.75) is 66.1 Å². The number of rotatable bonds is 6. The third kappa shape index (κ3) is 4.99. The maximum Gasteiger partial charge on any atom is 0.407 e. The highest BCUT2D eigenvalue weighted by Crippen LogP contribution is 2.38. The monoisotopic (exact) mass is 442 g/mol. The number of aryl methyl sites for hydroxylation is 4. The van der Waals surface area contributed by atoms with Crippen LogP contribution in [0.2, 0.25) is 0 Å². The van der Waals surface area contributed by atoms with Gasteiger partial charge in [-0.2, -0.15) is 13.2 Å². The molecule has 0 aliphatic rings. The van der Waals surface area contributed by atoms with Gasteiger partial charge in [-0.3, -0.25) is 9.98 Å². The van der Waals surface area contributed by atoms with Crippen molar-refractivity contribution in [2.24, 2.45) is 10.7 Å². The van der Waals surface area contributed by atoms with Crippen molar-refractivity contribution < 1.29 is 13.2 Å². The summed E-state index contributed by atoms with van der Waals surface area (Å²) in [6, 6.07) is 5.22. The molecule has 0 radical (unpaired) electrons. The van der Waals surface area contributed by atoms with Crippen LogP contribution in [-0.4, -0.2) is 21.9 Å². The molecule has 7 heteroatoms. The minimum atomic E-state index is -4.56. The molecule has 1 atom stereocenters. The second-order valence-electron chi connectivity index (χ2n) is 8.21. The van der Waals surface area contributed by atoms with Crippen LogP contribution in [0.15, 0.2) is 35.5 Å². The predicted octanol–water partition coefficient (Wildman–Crippen LogP) is 6.46. The van der Waals surface area contributed by atoms with E-state index in [1.165, 1.54) is 0 Å². The molecule has 0 fully saturated rings. The van der Waals surface area contributed by atoms with Crippen LogP contribution in [-0.2, 0) is 12.8 Å². The molecule has 170 valence electrons. The van der Waals surface area contributed by atoms with E-state index in [0.717, 1.165) is 40.7 Å². The molecule has 0 saturated heterocycles. The Morgan fingerprint density at radius 3 is 2.47 bits per heavy atom. The first-order valence-corrected chi connectivity index (χ1v) is 10.8. The average molecular weight is 443 g/mol. The number of hydrogen-bond acceptors (Lipinski definition) is 4. The van der Waals surface area contributed by atoms with E-state index in [-0.39, 0.29) is 11.3 Å². The number of alkyl halides is 3. The van der Waals surface area contributed by atoms with Gasteiger partial charge in [-0.25, -0.2) is 4.98 Å². The Balaban J connectivity index is 2.21. The summed E-state index contributed by atoms with van der Waals surface area (Å²) in [7, 11) is 0. The lowest BCUT2D eigenvalue weighted by Gasteiger charge is -2.21. The van der Waals surface area contributed by atoms with E-state index in [0.29, 0.717) is 23.2 Å². The van der Waals surface area contributed by atoms with Gasteiger partial charge in [0.2, 0.25) is 0 Å². The van der Waals surface area contributed by atoms with Gasteiger partial charge in [-0.05, 0) is 62.4 Å². The smallest absolute Gasteiger partial charge is 0.316 e. The summed E-state index contributed by atoms with van der Waals surface area (Å²) in [5, 5.41) is 0. The number of aliphatic imine (C=N–C) groups is 1. The fraction of sp³-hybridized carbons (Fsp3) is 0.400. The number of nitrogens with zero attached hydrogens (tertiary/aromatic N) is 3. The van der Waals surface area contributed by atoms with Crippen LogP contribution in [0.25, 0.3) is 11.0 Å². The van der Waals surface area contributed by atoms with Crippen LogP contribution in [0.3, 0.4) is 0 Å². The zero-order valence-electron chi connectivity index (χ0n) is 19.1. The van der Waals surface area contributed by atoms with Gasteiger partial charge in [-0.15, -0.1) is 0 Å². The molecule has 32 heavy (non-hydrogen) atoms. The molecule has 3 rings (SSSR count). The second-order valence-corrected chi connectivity index (χ2v) is 8.21. The molecule has 0 aliphatic heterocycles. The van der Waals surface area contributed by atoms with E-state index in [2.05, 4.69) is 15.0 Å². The minimum absolute atomic E-state index is 0.00314. The van der Waals surface area contributed by atoms with E-state index in [4.69, 9.17) is 5.73 Å². The van der Waals surface area contributed by atoms with Gasteiger partial charge in [0.15, 0.2) is 0 Å². The van der Waals surface area contributed by atoms with Crippen LogP contribution in [0, 0.1) is 13.8 Å². The largest absolute Gasteiger partial charge is 0.407 e. The average Bonchev–Trinajstić information content (AvgIpc) is 2.73. The van der Waals surface area contributed by atoms with Gasteiger partial charge in [0.1, 0.15) is 6.04 Å². The van der Waals surface area contributed by atoms with E-state index < -0.39 is 12.2 Å². The van der Waals surface area contributed by atoms with Crippen LogP contribution < -0.4 is 5.73 Å². The molecule has 4 nitrogen and oxygen atoms in total. The molecule has 0 amide bonds. The standard InChI is InChI=1S/C25H29F3N4/c1-6-8-17-11-15(4)22(20(12-17)24(29)25(26,27)28)31-16(5)19-9-14(3)10-21-23(19)30-13-18(7-2)32-21/h9-13,24H,6-8,29H2,1-5H3. The Labute approximate surface area is 186 Å². The van der Waals surface area contributed by atoms with Crippen LogP contribution in [0.5, 0.6) is 0 Å². The first kappa shape index (κ1) is 23.9. The molecule has 1 aromatic heterocycles. The van der Waals surface area contributed by atoms with Crippen LogP contribution in [0.1, 0.15) is 66.7 Å². The number of halogens is 3. The van der Waals surface area contributed by atoms with E-state index in [1.807, 2.05) is 39.0 Å². The highest BCUT2D eigenvalue weighted by atomic mass is 19.4. The molecular weight excluding hydrogens is 413 g/mol. The lowest BCUT2D eigenvalue weighted by Crippen LogP contribution is -2.28. The third-order valence-electron chi connectivity index (χ3n) is 5.49. The summed E-state index contributed by atoms with van der Waals surface area (Å²) in [4.78, 5) is 13.9. The molecule has 2 aromatic carbocycles. The number of hydrogen-bond donors (Lipinski definition) is 1. The molecule has 1 unspecified atom stereocenters. The van der Waals surface area contributed by atoms with Gasteiger partial charge in [0, 0.05) is 23.0 Å². The fourth-order valence-corrected chi connectivity index (χ4v) is 3.86. The molecule has 0 aliphatic carbocycles. The van der Waals surface area contributed by atoms with Gasteiger partial charge in [0.05, 0.1) is 22.4 Å². The molecule has 0 saturated carbocycles. The third-order valence-corrected chi connectivity index (χ3v) is 5.49. The maximum atomic E-state index is 13.6.